The molecule has 2 aromatic carbocycles. The van der Waals surface area contributed by atoms with E-state index in [1.165, 1.54) is 12.1 Å². The highest BCUT2D eigenvalue weighted by Crippen LogP contribution is 2.25. The number of benzene rings is 2. The number of halogens is 3. The summed E-state index contributed by atoms with van der Waals surface area (Å²) >= 11 is 6.75. The minimum atomic E-state index is -0.272. The van der Waals surface area contributed by atoms with Crippen LogP contribution >= 0.6 is 31.9 Å². The van der Waals surface area contributed by atoms with Crippen molar-refractivity contribution in [2.45, 2.75) is 20.1 Å². The lowest BCUT2D eigenvalue weighted by Gasteiger charge is -2.13. The van der Waals surface area contributed by atoms with Crippen LogP contribution in [0.25, 0.3) is 0 Å². The Morgan fingerprint density at radius 2 is 1.90 bits per heavy atom. The molecule has 0 spiro atoms. The van der Waals surface area contributed by atoms with Gasteiger partial charge in [-0.1, -0.05) is 38.8 Å². The van der Waals surface area contributed by atoms with Crippen LogP contribution in [0, 0.1) is 5.82 Å². The number of ether oxygens (including phenoxy) is 1. The summed E-state index contributed by atoms with van der Waals surface area (Å²) in [6, 6.07) is 10.6. The largest absolute Gasteiger partial charge is 0.489 e. The second-order valence-electron chi connectivity index (χ2n) is 4.60. The van der Waals surface area contributed by atoms with Gasteiger partial charge in [-0.15, -0.1) is 0 Å². The molecule has 0 heterocycles. The third kappa shape index (κ3) is 5.09. The Kier molecular flexibility index (Phi) is 6.21. The van der Waals surface area contributed by atoms with Crippen molar-refractivity contribution < 1.29 is 9.13 Å². The molecule has 112 valence electrons. The van der Waals surface area contributed by atoms with E-state index in [1.807, 2.05) is 24.3 Å². The van der Waals surface area contributed by atoms with Crippen LogP contribution in [-0.4, -0.2) is 6.54 Å². The van der Waals surface area contributed by atoms with Gasteiger partial charge in [0, 0.05) is 21.1 Å². The quantitative estimate of drug-likeness (QED) is 0.712. The molecular weight excluding hydrogens is 401 g/mol. The Labute approximate surface area is 141 Å². The van der Waals surface area contributed by atoms with Gasteiger partial charge >= 0.3 is 0 Å². The molecule has 2 rings (SSSR count). The Morgan fingerprint density at radius 3 is 2.62 bits per heavy atom. The van der Waals surface area contributed by atoms with Crippen molar-refractivity contribution >= 4 is 31.9 Å². The van der Waals surface area contributed by atoms with E-state index in [-0.39, 0.29) is 5.82 Å². The van der Waals surface area contributed by atoms with Crippen molar-refractivity contribution in [3.63, 3.8) is 0 Å². The average molecular weight is 417 g/mol. The predicted octanol–water partition coefficient (Wildman–Crippen LogP) is 5.04. The van der Waals surface area contributed by atoms with Crippen molar-refractivity contribution in [2.24, 2.45) is 0 Å². The van der Waals surface area contributed by atoms with Crippen LogP contribution in [0.2, 0.25) is 0 Å². The van der Waals surface area contributed by atoms with Crippen LogP contribution in [0.3, 0.4) is 0 Å². The van der Waals surface area contributed by atoms with Crippen LogP contribution in [0.5, 0.6) is 5.75 Å². The summed E-state index contributed by atoms with van der Waals surface area (Å²) in [4.78, 5) is 0. The average Bonchev–Trinajstić information content (AvgIpc) is 2.43. The molecule has 0 saturated carbocycles. The SMILES string of the molecule is CCNCc1cc(Br)ccc1OCc1cc(F)cc(Br)c1. The number of rotatable bonds is 6. The fourth-order valence-electron chi connectivity index (χ4n) is 1.94. The molecule has 0 fully saturated rings. The molecule has 0 aliphatic heterocycles. The van der Waals surface area contributed by atoms with Crippen molar-refractivity contribution in [3.05, 3.63) is 62.3 Å². The molecule has 0 radical (unpaired) electrons. The summed E-state index contributed by atoms with van der Waals surface area (Å²) in [6.45, 7) is 4.01. The zero-order valence-electron chi connectivity index (χ0n) is 11.6. The van der Waals surface area contributed by atoms with Gasteiger partial charge < -0.3 is 10.1 Å². The fourth-order valence-corrected chi connectivity index (χ4v) is 2.86. The van der Waals surface area contributed by atoms with E-state index >= 15 is 0 Å². The van der Waals surface area contributed by atoms with Crippen molar-refractivity contribution in [2.75, 3.05) is 6.54 Å². The second-order valence-corrected chi connectivity index (χ2v) is 6.43. The second kappa shape index (κ2) is 7.92. The molecule has 0 aliphatic carbocycles. The van der Waals surface area contributed by atoms with Gasteiger partial charge in [0.05, 0.1) is 0 Å². The van der Waals surface area contributed by atoms with Crippen molar-refractivity contribution in [3.8, 4) is 5.75 Å². The summed E-state index contributed by atoms with van der Waals surface area (Å²) in [5, 5.41) is 3.28. The maximum absolute atomic E-state index is 13.4. The van der Waals surface area contributed by atoms with E-state index in [0.717, 1.165) is 34.4 Å². The van der Waals surface area contributed by atoms with Gasteiger partial charge in [0.25, 0.3) is 0 Å². The Bertz CT molecular complexity index is 599. The molecule has 2 aromatic rings. The van der Waals surface area contributed by atoms with Gasteiger partial charge in [-0.3, -0.25) is 0 Å². The molecule has 0 unspecified atom stereocenters. The fraction of sp³-hybridized carbons (Fsp3) is 0.250. The summed E-state index contributed by atoms with van der Waals surface area (Å²) < 4.78 is 20.9. The maximum Gasteiger partial charge on any atom is 0.124 e. The van der Waals surface area contributed by atoms with E-state index in [4.69, 9.17) is 4.74 Å². The summed E-state index contributed by atoms with van der Waals surface area (Å²) in [7, 11) is 0. The van der Waals surface area contributed by atoms with Crippen LogP contribution < -0.4 is 10.1 Å². The molecule has 0 aliphatic rings. The maximum atomic E-state index is 13.4. The topological polar surface area (TPSA) is 21.3 Å². The number of hydrogen-bond donors (Lipinski definition) is 1. The Morgan fingerprint density at radius 1 is 1.10 bits per heavy atom. The first-order valence-electron chi connectivity index (χ1n) is 6.65. The molecule has 0 bridgehead atoms. The van der Waals surface area contributed by atoms with Crippen LogP contribution in [-0.2, 0) is 13.2 Å². The summed E-state index contributed by atoms with van der Waals surface area (Å²) in [5.74, 6) is 0.534. The van der Waals surface area contributed by atoms with Crippen molar-refractivity contribution in [1.82, 2.24) is 5.32 Å². The van der Waals surface area contributed by atoms with Gasteiger partial charge in [-0.05, 0) is 48.5 Å². The summed E-state index contributed by atoms with van der Waals surface area (Å²) in [6.07, 6.45) is 0. The molecule has 1 N–H and O–H groups in total. The van der Waals surface area contributed by atoms with E-state index in [1.54, 1.807) is 0 Å². The van der Waals surface area contributed by atoms with E-state index in [2.05, 4.69) is 44.1 Å². The zero-order valence-corrected chi connectivity index (χ0v) is 14.8. The van der Waals surface area contributed by atoms with Crippen LogP contribution in [0.1, 0.15) is 18.1 Å². The lowest BCUT2D eigenvalue weighted by atomic mass is 10.2. The highest BCUT2D eigenvalue weighted by Gasteiger charge is 2.06. The van der Waals surface area contributed by atoms with E-state index < -0.39 is 0 Å². The monoisotopic (exact) mass is 415 g/mol. The molecule has 5 heteroatoms. The highest BCUT2D eigenvalue weighted by molar-refractivity contribution is 9.10. The molecule has 0 atom stereocenters. The zero-order chi connectivity index (χ0) is 15.2. The molecule has 0 amide bonds. The van der Waals surface area contributed by atoms with Gasteiger partial charge in [0.2, 0.25) is 0 Å². The van der Waals surface area contributed by atoms with Gasteiger partial charge in [0.15, 0.2) is 0 Å². The molecule has 21 heavy (non-hydrogen) atoms. The first-order chi connectivity index (χ1) is 10.1. The Hall–Kier alpha value is -0.910. The number of hydrogen-bond acceptors (Lipinski definition) is 2. The van der Waals surface area contributed by atoms with Gasteiger partial charge in [-0.25, -0.2) is 4.39 Å². The molecule has 2 nitrogen and oxygen atoms in total. The number of nitrogens with one attached hydrogen (secondary N) is 1. The first-order valence-corrected chi connectivity index (χ1v) is 8.24. The third-order valence-corrected chi connectivity index (χ3v) is 3.86. The normalized spacial score (nSPS) is 10.7. The van der Waals surface area contributed by atoms with E-state index in [9.17, 15) is 4.39 Å². The molecular formula is C16H16Br2FNO. The van der Waals surface area contributed by atoms with Crippen LogP contribution in [0.15, 0.2) is 45.3 Å². The van der Waals surface area contributed by atoms with Gasteiger partial charge in [-0.2, -0.15) is 0 Å². The van der Waals surface area contributed by atoms with Gasteiger partial charge in [0.1, 0.15) is 18.2 Å². The van der Waals surface area contributed by atoms with Crippen molar-refractivity contribution in [1.29, 1.82) is 0 Å². The Balaban J connectivity index is 2.11. The van der Waals surface area contributed by atoms with Crippen LogP contribution in [0.4, 0.5) is 4.39 Å². The van der Waals surface area contributed by atoms with E-state index in [0.29, 0.717) is 11.1 Å². The minimum Gasteiger partial charge on any atom is -0.489 e. The third-order valence-electron chi connectivity index (χ3n) is 2.90. The molecule has 0 aromatic heterocycles. The lowest BCUT2D eigenvalue weighted by Crippen LogP contribution is -2.13. The lowest BCUT2D eigenvalue weighted by molar-refractivity contribution is 0.301. The summed E-state index contributed by atoms with van der Waals surface area (Å²) in [5.41, 5.74) is 1.86. The minimum absolute atomic E-state index is 0.272. The smallest absolute Gasteiger partial charge is 0.124 e. The molecule has 0 saturated heterocycles. The highest BCUT2D eigenvalue weighted by atomic mass is 79.9. The predicted molar refractivity (Wildman–Crippen MR) is 90.0 cm³/mol. The first kappa shape index (κ1) is 16.5. The standard InChI is InChI=1S/C16H16Br2FNO/c1-2-20-9-12-7-13(17)3-4-16(12)21-10-11-5-14(18)8-15(19)6-11/h3-8,20H,2,9-10H2,1H3.